The molecular formula is C15H22N6O2. The fourth-order valence-electron chi connectivity index (χ4n) is 2.41. The van der Waals surface area contributed by atoms with E-state index in [-0.39, 0.29) is 16.7 Å². The van der Waals surface area contributed by atoms with Gasteiger partial charge in [0, 0.05) is 19.2 Å². The Balaban J connectivity index is 2.32. The second kappa shape index (κ2) is 7.68. The highest BCUT2D eigenvalue weighted by Crippen LogP contribution is 2.34. The van der Waals surface area contributed by atoms with E-state index in [0.29, 0.717) is 23.6 Å². The van der Waals surface area contributed by atoms with E-state index in [1.165, 1.54) is 6.07 Å². The third kappa shape index (κ3) is 4.26. The van der Waals surface area contributed by atoms with Gasteiger partial charge >= 0.3 is 0 Å². The molecule has 1 aromatic carbocycles. The Bertz CT molecular complexity index is 670. The van der Waals surface area contributed by atoms with Crippen molar-refractivity contribution in [3.8, 4) is 11.4 Å². The van der Waals surface area contributed by atoms with Crippen molar-refractivity contribution in [2.24, 2.45) is 12.8 Å². The van der Waals surface area contributed by atoms with Crippen LogP contribution in [-0.2, 0) is 7.05 Å². The summed E-state index contributed by atoms with van der Waals surface area (Å²) in [6.07, 6.45) is 4.38. The van der Waals surface area contributed by atoms with E-state index < -0.39 is 0 Å². The van der Waals surface area contributed by atoms with E-state index in [1.807, 2.05) is 6.92 Å². The van der Waals surface area contributed by atoms with E-state index in [1.54, 1.807) is 30.2 Å². The number of nitrogens with one attached hydrogen (secondary N) is 1. The second-order valence-corrected chi connectivity index (χ2v) is 5.53. The lowest BCUT2D eigenvalue weighted by Gasteiger charge is -2.17. The van der Waals surface area contributed by atoms with Crippen molar-refractivity contribution in [2.45, 2.75) is 32.2 Å². The zero-order valence-electron chi connectivity index (χ0n) is 13.4. The number of nitro groups is 1. The first kappa shape index (κ1) is 16.9. The van der Waals surface area contributed by atoms with Crippen LogP contribution in [0.2, 0.25) is 0 Å². The van der Waals surface area contributed by atoms with Crippen LogP contribution in [0.1, 0.15) is 26.2 Å². The first-order valence-corrected chi connectivity index (χ1v) is 7.63. The van der Waals surface area contributed by atoms with Gasteiger partial charge < -0.3 is 11.1 Å². The van der Waals surface area contributed by atoms with Gasteiger partial charge in [0.2, 0.25) is 0 Å². The Morgan fingerprint density at radius 3 is 2.83 bits per heavy atom. The van der Waals surface area contributed by atoms with Gasteiger partial charge in [-0.2, -0.15) is 5.10 Å². The molecule has 2 aromatic rings. The molecule has 0 aliphatic heterocycles. The molecule has 0 amide bonds. The van der Waals surface area contributed by atoms with Gasteiger partial charge in [-0.15, -0.1) is 0 Å². The van der Waals surface area contributed by atoms with E-state index in [4.69, 9.17) is 5.73 Å². The Hall–Kier alpha value is -2.48. The minimum Gasteiger partial charge on any atom is -0.376 e. The zero-order chi connectivity index (χ0) is 16.8. The number of nitro benzene ring substituents is 1. The molecule has 0 aliphatic carbocycles. The van der Waals surface area contributed by atoms with Crippen LogP contribution in [0.25, 0.3) is 11.4 Å². The quantitative estimate of drug-likeness (QED) is 0.439. The van der Waals surface area contributed by atoms with Crippen LogP contribution in [0.4, 0.5) is 11.4 Å². The average molecular weight is 318 g/mol. The van der Waals surface area contributed by atoms with Crippen molar-refractivity contribution in [1.82, 2.24) is 14.8 Å². The summed E-state index contributed by atoms with van der Waals surface area (Å²) in [6, 6.07) is 5.01. The first-order chi connectivity index (χ1) is 11.0. The third-order valence-electron chi connectivity index (χ3n) is 3.56. The van der Waals surface area contributed by atoms with Crippen molar-refractivity contribution in [3.63, 3.8) is 0 Å². The molecule has 23 heavy (non-hydrogen) atoms. The SMILES string of the molecule is CC(CCCCN)Nc1c(-c2ncn(C)n2)cccc1[N+](=O)[O-]. The number of hydrogen-bond acceptors (Lipinski definition) is 6. The number of aryl methyl sites for hydroxylation is 1. The molecular weight excluding hydrogens is 296 g/mol. The largest absolute Gasteiger partial charge is 0.376 e. The van der Waals surface area contributed by atoms with Gasteiger partial charge in [0.15, 0.2) is 5.82 Å². The van der Waals surface area contributed by atoms with Gasteiger partial charge in [-0.05, 0) is 32.4 Å². The molecule has 0 aliphatic rings. The molecule has 124 valence electrons. The van der Waals surface area contributed by atoms with Gasteiger partial charge in [0.1, 0.15) is 12.0 Å². The number of aromatic nitrogens is 3. The zero-order valence-corrected chi connectivity index (χ0v) is 13.4. The number of nitrogens with zero attached hydrogens (tertiary/aromatic N) is 4. The van der Waals surface area contributed by atoms with Gasteiger partial charge in [-0.25, -0.2) is 4.98 Å². The highest BCUT2D eigenvalue weighted by Gasteiger charge is 2.21. The highest BCUT2D eigenvalue weighted by molar-refractivity contribution is 5.81. The van der Waals surface area contributed by atoms with Crippen molar-refractivity contribution in [3.05, 3.63) is 34.6 Å². The molecule has 3 N–H and O–H groups in total. The Labute approximate surface area is 134 Å². The van der Waals surface area contributed by atoms with Crippen LogP contribution < -0.4 is 11.1 Å². The van der Waals surface area contributed by atoms with Crippen LogP contribution in [0.3, 0.4) is 0 Å². The normalized spacial score (nSPS) is 12.1. The number of benzene rings is 1. The molecule has 1 heterocycles. The highest BCUT2D eigenvalue weighted by atomic mass is 16.6. The molecule has 2 rings (SSSR count). The van der Waals surface area contributed by atoms with Crippen LogP contribution in [0.5, 0.6) is 0 Å². The van der Waals surface area contributed by atoms with Crippen molar-refractivity contribution in [2.75, 3.05) is 11.9 Å². The summed E-state index contributed by atoms with van der Waals surface area (Å²) in [5.74, 6) is 0.466. The predicted molar refractivity (Wildman–Crippen MR) is 89.1 cm³/mol. The van der Waals surface area contributed by atoms with E-state index >= 15 is 0 Å². The van der Waals surface area contributed by atoms with Gasteiger partial charge in [-0.3, -0.25) is 14.8 Å². The summed E-state index contributed by atoms with van der Waals surface area (Å²) in [6.45, 7) is 2.66. The second-order valence-electron chi connectivity index (χ2n) is 5.53. The van der Waals surface area contributed by atoms with Gasteiger partial charge in [0.05, 0.1) is 10.5 Å². The number of nitrogens with two attached hydrogens (primary N) is 1. The van der Waals surface area contributed by atoms with Crippen LogP contribution in [-0.4, -0.2) is 32.3 Å². The summed E-state index contributed by atoms with van der Waals surface area (Å²) >= 11 is 0. The molecule has 0 saturated heterocycles. The fourth-order valence-corrected chi connectivity index (χ4v) is 2.41. The number of unbranched alkanes of at least 4 members (excludes halogenated alkanes) is 1. The standard InChI is InChI=1S/C15H22N6O2/c1-11(6-3-4-9-16)18-14-12(15-17-10-20(2)19-15)7-5-8-13(14)21(22)23/h5,7-8,10-11,18H,3-4,6,9,16H2,1-2H3. The van der Waals surface area contributed by atoms with E-state index in [2.05, 4.69) is 15.4 Å². The fraction of sp³-hybridized carbons (Fsp3) is 0.467. The Kier molecular flexibility index (Phi) is 5.64. The molecule has 0 radical (unpaired) electrons. The first-order valence-electron chi connectivity index (χ1n) is 7.63. The maximum Gasteiger partial charge on any atom is 0.293 e. The minimum atomic E-state index is -0.388. The molecule has 0 bridgehead atoms. The maximum absolute atomic E-state index is 11.4. The molecule has 8 heteroatoms. The lowest BCUT2D eigenvalue weighted by Crippen LogP contribution is -2.17. The van der Waals surface area contributed by atoms with E-state index in [9.17, 15) is 10.1 Å². The number of para-hydroxylation sites is 1. The summed E-state index contributed by atoms with van der Waals surface area (Å²) in [5, 5.41) is 18.9. The van der Waals surface area contributed by atoms with Crippen molar-refractivity contribution in [1.29, 1.82) is 0 Å². The van der Waals surface area contributed by atoms with E-state index in [0.717, 1.165) is 19.3 Å². The van der Waals surface area contributed by atoms with Crippen LogP contribution in [0, 0.1) is 10.1 Å². The van der Waals surface area contributed by atoms with Gasteiger partial charge in [0.25, 0.3) is 5.69 Å². The molecule has 1 atom stereocenters. The third-order valence-corrected chi connectivity index (χ3v) is 3.56. The molecule has 0 fully saturated rings. The lowest BCUT2D eigenvalue weighted by molar-refractivity contribution is -0.383. The number of hydrogen-bond donors (Lipinski definition) is 2. The predicted octanol–water partition coefficient (Wildman–Crippen LogP) is 2.32. The number of anilines is 1. The Morgan fingerprint density at radius 1 is 1.43 bits per heavy atom. The van der Waals surface area contributed by atoms with Crippen molar-refractivity contribution < 1.29 is 4.92 Å². The Morgan fingerprint density at radius 2 is 2.22 bits per heavy atom. The smallest absolute Gasteiger partial charge is 0.293 e. The lowest BCUT2D eigenvalue weighted by atomic mass is 10.1. The maximum atomic E-state index is 11.4. The molecule has 1 aromatic heterocycles. The summed E-state index contributed by atoms with van der Waals surface area (Å²) in [4.78, 5) is 15.2. The van der Waals surface area contributed by atoms with Crippen LogP contribution in [0.15, 0.2) is 24.5 Å². The molecule has 1 unspecified atom stereocenters. The average Bonchev–Trinajstić information content (AvgIpc) is 2.94. The van der Waals surface area contributed by atoms with Crippen molar-refractivity contribution >= 4 is 11.4 Å². The summed E-state index contributed by atoms with van der Waals surface area (Å²) in [7, 11) is 1.76. The topological polar surface area (TPSA) is 112 Å². The number of rotatable bonds is 8. The molecule has 0 spiro atoms. The summed E-state index contributed by atoms with van der Waals surface area (Å²) in [5.41, 5.74) is 6.63. The van der Waals surface area contributed by atoms with Crippen LogP contribution >= 0.6 is 0 Å². The minimum absolute atomic E-state index is 0.0284. The molecule has 0 saturated carbocycles. The monoisotopic (exact) mass is 318 g/mol. The summed E-state index contributed by atoms with van der Waals surface area (Å²) < 4.78 is 1.57. The molecule has 8 nitrogen and oxygen atoms in total. The van der Waals surface area contributed by atoms with Gasteiger partial charge in [-0.1, -0.05) is 12.5 Å².